The van der Waals surface area contributed by atoms with E-state index >= 15 is 0 Å². The fourth-order valence-corrected chi connectivity index (χ4v) is 1.92. The highest BCUT2D eigenvalue weighted by Gasteiger charge is 2.03. The highest BCUT2D eigenvalue weighted by atomic mass is 16.5. The van der Waals surface area contributed by atoms with E-state index in [0.29, 0.717) is 13.2 Å². The molecule has 0 saturated heterocycles. The van der Waals surface area contributed by atoms with E-state index in [9.17, 15) is 0 Å². The standard InChI is InChI=1S/C17H22N2O2/c1-2-9-18-13-15-14-19-10-8-17(15)21-12-11-20-16-6-4-3-5-7-16/h3-8,10,14,18H,2,9,11-13H2,1H3. The van der Waals surface area contributed by atoms with Crippen molar-refractivity contribution in [3.63, 3.8) is 0 Å². The van der Waals surface area contributed by atoms with Crippen molar-refractivity contribution in [3.05, 3.63) is 54.4 Å². The van der Waals surface area contributed by atoms with Crippen LogP contribution < -0.4 is 14.8 Å². The Hall–Kier alpha value is -2.07. The molecule has 1 aromatic heterocycles. The van der Waals surface area contributed by atoms with Gasteiger partial charge in [-0.1, -0.05) is 25.1 Å². The molecule has 112 valence electrons. The molecule has 1 aromatic carbocycles. The minimum Gasteiger partial charge on any atom is -0.490 e. The molecule has 1 N–H and O–H groups in total. The summed E-state index contributed by atoms with van der Waals surface area (Å²) in [5.41, 5.74) is 1.07. The van der Waals surface area contributed by atoms with E-state index in [1.54, 1.807) is 6.20 Å². The Morgan fingerprint density at radius 1 is 1.05 bits per heavy atom. The molecule has 2 rings (SSSR count). The van der Waals surface area contributed by atoms with Gasteiger partial charge in [-0.05, 0) is 31.2 Å². The molecular formula is C17H22N2O2. The Bertz CT molecular complexity index is 517. The Morgan fingerprint density at radius 2 is 1.86 bits per heavy atom. The second kappa shape index (κ2) is 8.97. The molecule has 0 fully saturated rings. The molecule has 4 heteroatoms. The maximum Gasteiger partial charge on any atom is 0.127 e. The van der Waals surface area contributed by atoms with Crippen LogP contribution in [0.2, 0.25) is 0 Å². The van der Waals surface area contributed by atoms with Gasteiger partial charge in [-0.3, -0.25) is 4.98 Å². The number of nitrogens with zero attached hydrogens (tertiary/aromatic N) is 1. The van der Waals surface area contributed by atoms with E-state index < -0.39 is 0 Å². The zero-order valence-electron chi connectivity index (χ0n) is 12.4. The zero-order chi connectivity index (χ0) is 14.8. The van der Waals surface area contributed by atoms with Crippen molar-refractivity contribution in [2.45, 2.75) is 19.9 Å². The molecular weight excluding hydrogens is 264 g/mol. The third-order valence-corrected chi connectivity index (χ3v) is 2.95. The predicted molar refractivity (Wildman–Crippen MR) is 83.7 cm³/mol. The summed E-state index contributed by atoms with van der Waals surface area (Å²) >= 11 is 0. The van der Waals surface area contributed by atoms with Crippen molar-refractivity contribution >= 4 is 0 Å². The molecule has 4 nitrogen and oxygen atoms in total. The van der Waals surface area contributed by atoms with Crippen LogP contribution in [0, 0.1) is 0 Å². The fraction of sp³-hybridized carbons (Fsp3) is 0.353. The van der Waals surface area contributed by atoms with Gasteiger partial charge in [0.1, 0.15) is 24.7 Å². The van der Waals surface area contributed by atoms with E-state index in [1.807, 2.05) is 42.6 Å². The molecule has 21 heavy (non-hydrogen) atoms. The summed E-state index contributed by atoms with van der Waals surface area (Å²) in [6.45, 7) is 4.95. The van der Waals surface area contributed by atoms with Gasteiger partial charge >= 0.3 is 0 Å². The van der Waals surface area contributed by atoms with Crippen LogP contribution in [0.1, 0.15) is 18.9 Å². The van der Waals surface area contributed by atoms with Crippen LogP contribution in [0.4, 0.5) is 0 Å². The summed E-state index contributed by atoms with van der Waals surface area (Å²) in [6.07, 6.45) is 4.70. The van der Waals surface area contributed by atoms with Gasteiger partial charge in [-0.25, -0.2) is 0 Å². The number of para-hydroxylation sites is 1. The summed E-state index contributed by atoms with van der Waals surface area (Å²) < 4.78 is 11.4. The first-order valence-corrected chi connectivity index (χ1v) is 7.34. The number of pyridine rings is 1. The van der Waals surface area contributed by atoms with Crippen LogP contribution in [0.3, 0.4) is 0 Å². The first kappa shape index (κ1) is 15.3. The van der Waals surface area contributed by atoms with E-state index in [-0.39, 0.29) is 0 Å². The Balaban J connectivity index is 1.77. The first-order valence-electron chi connectivity index (χ1n) is 7.34. The molecule has 0 spiro atoms. The smallest absolute Gasteiger partial charge is 0.127 e. The lowest BCUT2D eigenvalue weighted by Crippen LogP contribution is -2.16. The van der Waals surface area contributed by atoms with Gasteiger partial charge in [0.15, 0.2) is 0 Å². The number of hydrogen-bond acceptors (Lipinski definition) is 4. The normalized spacial score (nSPS) is 10.3. The lowest BCUT2D eigenvalue weighted by atomic mass is 10.2. The second-order valence-corrected chi connectivity index (χ2v) is 4.67. The molecule has 0 aliphatic carbocycles. The molecule has 0 amide bonds. The highest BCUT2D eigenvalue weighted by molar-refractivity contribution is 5.30. The molecule has 0 saturated carbocycles. The van der Waals surface area contributed by atoms with Crippen molar-refractivity contribution in [2.75, 3.05) is 19.8 Å². The molecule has 0 bridgehead atoms. The van der Waals surface area contributed by atoms with Crippen molar-refractivity contribution in [2.24, 2.45) is 0 Å². The number of rotatable bonds is 9. The van der Waals surface area contributed by atoms with Crippen LogP contribution in [0.15, 0.2) is 48.8 Å². The molecule has 0 radical (unpaired) electrons. The number of ether oxygens (including phenoxy) is 2. The number of aromatic nitrogens is 1. The third-order valence-electron chi connectivity index (χ3n) is 2.95. The van der Waals surface area contributed by atoms with Crippen LogP contribution in [0.25, 0.3) is 0 Å². The molecule has 0 atom stereocenters. The quantitative estimate of drug-likeness (QED) is 0.720. The van der Waals surface area contributed by atoms with Crippen molar-refractivity contribution in [1.29, 1.82) is 0 Å². The van der Waals surface area contributed by atoms with Gasteiger partial charge in [0, 0.05) is 24.5 Å². The number of nitrogens with one attached hydrogen (secondary N) is 1. The van der Waals surface area contributed by atoms with E-state index in [4.69, 9.17) is 9.47 Å². The van der Waals surface area contributed by atoms with Gasteiger partial charge in [0.05, 0.1) is 0 Å². The van der Waals surface area contributed by atoms with Gasteiger partial charge < -0.3 is 14.8 Å². The lowest BCUT2D eigenvalue weighted by molar-refractivity contribution is 0.215. The first-order chi connectivity index (χ1) is 10.4. The summed E-state index contributed by atoms with van der Waals surface area (Å²) in [5, 5.41) is 3.36. The van der Waals surface area contributed by atoms with Crippen LogP contribution >= 0.6 is 0 Å². The van der Waals surface area contributed by atoms with E-state index in [1.165, 1.54) is 0 Å². The number of hydrogen-bond donors (Lipinski definition) is 1. The fourth-order valence-electron chi connectivity index (χ4n) is 1.92. The summed E-state index contributed by atoms with van der Waals surface area (Å²) in [6, 6.07) is 11.6. The molecule has 0 aliphatic rings. The lowest BCUT2D eigenvalue weighted by Gasteiger charge is -2.12. The maximum absolute atomic E-state index is 5.78. The van der Waals surface area contributed by atoms with E-state index in [2.05, 4.69) is 17.2 Å². The monoisotopic (exact) mass is 286 g/mol. The average Bonchev–Trinajstić information content (AvgIpc) is 2.54. The average molecular weight is 286 g/mol. The van der Waals surface area contributed by atoms with Gasteiger partial charge in [0.2, 0.25) is 0 Å². The SMILES string of the molecule is CCCNCc1cnccc1OCCOc1ccccc1. The summed E-state index contributed by atoms with van der Waals surface area (Å²) in [7, 11) is 0. The topological polar surface area (TPSA) is 43.4 Å². The minimum absolute atomic E-state index is 0.514. The Kier molecular flexibility index (Phi) is 6.55. The van der Waals surface area contributed by atoms with Crippen molar-refractivity contribution < 1.29 is 9.47 Å². The summed E-state index contributed by atoms with van der Waals surface area (Å²) in [4.78, 5) is 4.15. The third kappa shape index (κ3) is 5.44. The minimum atomic E-state index is 0.514. The maximum atomic E-state index is 5.78. The molecule has 0 aliphatic heterocycles. The van der Waals surface area contributed by atoms with E-state index in [0.717, 1.165) is 36.6 Å². The predicted octanol–water partition coefficient (Wildman–Crippen LogP) is 3.04. The molecule has 2 aromatic rings. The van der Waals surface area contributed by atoms with Crippen molar-refractivity contribution in [1.82, 2.24) is 10.3 Å². The Labute approximate surface area is 126 Å². The highest BCUT2D eigenvalue weighted by Crippen LogP contribution is 2.16. The Morgan fingerprint density at radius 3 is 2.67 bits per heavy atom. The van der Waals surface area contributed by atoms with Gasteiger partial charge in [0.25, 0.3) is 0 Å². The van der Waals surface area contributed by atoms with Gasteiger partial charge in [-0.2, -0.15) is 0 Å². The van der Waals surface area contributed by atoms with Gasteiger partial charge in [-0.15, -0.1) is 0 Å². The van der Waals surface area contributed by atoms with Crippen molar-refractivity contribution in [3.8, 4) is 11.5 Å². The van der Waals surface area contributed by atoms with Crippen LogP contribution in [0.5, 0.6) is 11.5 Å². The molecule has 0 unspecified atom stereocenters. The largest absolute Gasteiger partial charge is 0.490 e. The zero-order valence-corrected chi connectivity index (χ0v) is 12.4. The van der Waals surface area contributed by atoms with Crippen LogP contribution in [-0.4, -0.2) is 24.7 Å². The second-order valence-electron chi connectivity index (χ2n) is 4.67. The molecule has 1 heterocycles. The summed E-state index contributed by atoms with van der Waals surface area (Å²) in [5.74, 6) is 1.73. The van der Waals surface area contributed by atoms with Crippen LogP contribution in [-0.2, 0) is 6.54 Å². The number of benzene rings is 1.